The summed E-state index contributed by atoms with van der Waals surface area (Å²) in [6, 6.07) is 3.90. The number of ether oxygens (including phenoxy) is 1. The van der Waals surface area contributed by atoms with Crippen molar-refractivity contribution in [2.75, 3.05) is 24.6 Å². The molecule has 0 radical (unpaired) electrons. The molecule has 126 valence electrons. The first-order chi connectivity index (χ1) is 11.2. The minimum absolute atomic E-state index is 0.0371. The van der Waals surface area contributed by atoms with E-state index < -0.39 is 0 Å². The zero-order chi connectivity index (χ0) is 16.1. The Morgan fingerprint density at radius 2 is 2.26 bits per heavy atom. The van der Waals surface area contributed by atoms with E-state index in [2.05, 4.69) is 26.6 Å². The van der Waals surface area contributed by atoms with Crippen molar-refractivity contribution in [1.82, 2.24) is 15.6 Å². The second kappa shape index (κ2) is 7.64. The minimum atomic E-state index is -0.146. The molecular weight excluding hydrogens is 292 g/mol. The van der Waals surface area contributed by atoms with Crippen molar-refractivity contribution in [3.63, 3.8) is 0 Å². The maximum atomic E-state index is 12.0. The molecule has 2 unspecified atom stereocenters. The van der Waals surface area contributed by atoms with E-state index in [1.807, 2.05) is 19.2 Å². The third kappa shape index (κ3) is 4.34. The average molecular weight is 318 g/mol. The van der Waals surface area contributed by atoms with E-state index in [0.717, 1.165) is 43.9 Å². The summed E-state index contributed by atoms with van der Waals surface area (Å²) in [5.74, 6) is 1.01. The molecule has 1 aromatic heterocycles. The Labute approximate surface area is 137 Å². The molecule has 6 heteroatoms. The highest BCUT2D eigenvalue weighted by molar-refractivity contribution is 5.74. The zero-order valence-corrected chi connectivity index (χ0v) is 13.8. The number of aromatic nitrogens is 1. The highest BCUT2D eigenvalue weighted by Crippen LogP contribution is 2.18. The van der Waals surface area contributed by atoms with Crippen molar-refractivity contribution in [2.24, 2.45) is 0 Å². The van der Waals surface area contributed by atoms with Gasteiger partial charge < -0.3 is 20.3 Å². The predicted octanol–water partition coefficient (Wildman–Crippen LogP) is 2.05. The molecule has 2 aliphatic rings. The van der Waals surface area contributed by atoms with Gasteiger partial charge in [0, 0.05) is 32.4 Å². The Balaban J connectivity index is 1.47. The summed E-state index contributed by atoms with van der Waals surface area (Å²) in [5.41, 5.74) is 1.07. The number of amides is 2. The van der Waals surface area contributed by atoms with Crippen molar-refractivity contribution in [1.29, 1.82) is 0 Å². The molecule has 2 atom stereocenters. The van der Waals surface area contributed by atoms with E-state index >= 15 is 0 Å². The topological polar surface area (TPSA) is 66.5 Å². The van der Waals surface area contributed by atoms with Gasteiger partial charge in [-0.05, 0) is 50.3 Å². The Morgan fingerprint density at radius 3 is 3.00 bits per heavy atom. The van der Waals surface area contributed by atoms with Gasteiger partial charge in [-0.1, -0.05) is 0 Å². The van der Waals surface area contributed by atoms with E-state index in [1.165, 1.54) is 12.8 Å². The van der Waals surface area contributed by atoms with Crippen molar-refractivity contribution >= 4 is 11.8 Å². The van der Waals surface area contributed by atoms with Crippen molar-refractivity contribution in [3.8, 4) is 0 Å². The van der Waals surface area contributed by atoms with E-state index in [-0.39, 0.29) is 18.2 Å². The van der Waals surface area contributed by atoms with Gasteiger partial charge in [0.25, 0.3) is 0 Å². The fourth-order valence-corrected chi connectivity index (χ4v) is 3.22. The van der Waals surface area contributed by atoms with Crippen LogP contribution in [0.5, 0.6) is 0 Å². The molecule has 6 nitrogen and oxygen atoms in total. The van der Waals surface area contributed by atoms with Gasteiger partial charge in [0.2, 0.25) is 0 Å². The van der Waals surface area contributed by atoms with Crippen LogP contribution in [-0.2, 0) is 11.3 Å². The van der Waals surface area contributed by atoms with E-state index in [4.69, 9.17) is 4.74 Å². The van der Waals surface area contributed by atoms with Crippen molar-refractivity contribution in [3.05, 3.63) is 23.9 Å². The van der Waals surface area contributed by atoms with Gasteiger partial charge in [-0.2, -0.15) is 0 Å². The summed E-state index contributed by atoms with van der Waals surface area (Å²) < 4.78 is 5.59. The maximum Gasteiger partial charge on any atom is 0.315 e. The second-order valence-corrected chi connectivity index (χ2v) is 6.38. The fraction of sp³-hybridized carbons (Fsp3) is 0.647. The first-order valence-electron chi connectivity index (χ1n) is 8.58. The van der Waals surface area contributed by atoms with Crippen LogP contribution in [-0.4, -0.2) is 42.9 Å². The smallest absolute Gasteiger partial charge is 0.315 e. The van der Waals surface area contributed by atoms with Crippen LogP contribution in [0.4, 0.5) is 10.6 Å². The molecule has 2 saturated heterocycles. The number of carbonyl (C=O) groups excluding carboxylic acids is 1. The summed E-state index contributed by atoms with van der Waals surface area (Å²) >= 11 is 0. The second-order valence-electron chi connectivity index (χ2n) is 6.38. The Kier molecular flexibility index (Phi) is 5.33. The highest BCUT2D eigenvalue weighted by Gasteiger charge is 2.23. The Morgan fingerprint density at radius 1 is 1.43 bits per heavy atom. The summed E-state index contributed by atoms with van der Waals surface area (Å²) in [6.45, 7) is 5.45. The summed E-state index contributed by atoms with van der Waals surface area (Å²) in [4.78, 5) is 18.7. The van der Waals surface area contributed by atoms with E-state index in [9.17, 15) is 4.79 Å². The van der Waals surface area contributed by atoms with Gasteiger partial charge in [0.15, 0.2) is 0 Å². The van der Waals surface area contributed by atoms with Gasteiger partial charge in [0.05, 0.1) is 12.1 Å². The average Bonchev–Trinajstić information content (AvgIpc) is 3.26. The van der Waals surface area contributed by atoms with E-state index in [1.54, 1.807) is 0 Å². The molecule has 0 saturated carbocycles. The molecule has 0 spiro atoms. The maximum absolute atomic E-state index is 12.0. The predicted molar refractivity (Wildman–Crippen MR) is 89.5 cm³/mol. The number of urea groups is 1. The third-order valence-corrected chi connectivity index (χ3v) is 4.57. The summed E-state index contributed by atoms with van der Waals surface area (Å²) in [7, 11) is 0. The molecule has 0 aliphatic carbocycles. The first kappa shape index (κ1) is 16.1. The molecule has 0 bridgehead atoms. The fourth-order valence-electron chi connectivity index (χ4n) is 3.22. The van der Waals surface area contributed by atoms with Crippen LogP contribution in [0, 0.1) is 0 Å². The number of hydrogen-bond acceptors (Lipinski definition) is 4. The lowest BCUT2D eigenvalue weighted by Gasteiger charge is -2.20. The summed E-state index contributed by atoms with van der Waals surface area (Å²) in [6.07, 6.45) is 6.52. The van der Waals surface area contributed by atoms with Crippen LogP contribution in [0.3, 0.4) is 0 Å². The molecule has 3 rings (SSSR count). The van der Waals surface area contributed by atoms with Gasteiger partial charge in [0.1, 0.15) is 5.82 Å². The standard InChI is InChI=1S/C17H26N4O2/c1-13(15-5-4-10-23-15)20-17(22)19-12-14-6-7-18-16(11-14)21-8-2-3-9-21/h6-7,11,13,15H,2-5,8-10,12H2,1H3,(H2,19,20,22). The number of hydrogen-bond donors (Lipinski definition) is 2. The normalized spacial score (nSPS) is 22.1. The molecule has 2 fully saturated rings. The molecule has 1 aromatic rings. The van der Waals surface area contributed by atoms with Gasteiger partial charge >= 0.3 is 6.03 Å². The zero-order valence-electron chi connectivity index (χ0n) is 13.8. The number of carbonyl (C=O) groups is 1. The monoisotopic (exact) mass is 318 g/mol. The lowest BCUT2D eigenvalue weighted by Crippen LogP contribution is -2.45. The largest absolute Gasteiger partial charge is 0.376 e. The molecule has 2 N–H and O–H groups in total. The lowest BCUT2D eigenvalue weighted by molar-refractivity contribution is 0.0860. The van der Waals surface area contributed by atoms with Crippen LogP contribution < -0.4 is 15.5 Å². The highest BCUT2D eigenvalue weighted by atomic mass is 16.5. The number of nitrogens with one attached hydrogen (secondary N) is 2. The lowest BCUT2D eigenvalue weighted by atomic mass is 10.1. The van der Waals surface area contributed by atoms with Crippen LogP contribution in [0.15, 0.2) is 18.3 Å². The van der Waals surface area contributed by atoms with Gasteiger partial charge in [-0.15, -0.1) is 0 Å². The van der Waals surface area contributed by atoms with Gasteiger partial charge in [-0.3, -0.25) is 0 Å². The quantitative estimate of drug-likeness (QED) is 0.872. The van der Waals surface area contributed by atoms with Crippen LogP contribution >= 0.6 is 0 Å². The number of nitrogens with zero attached hydrogens (tertiary/aromatic N) is 2. The Hall–Kier alpha value is -1.82. The van der Waals surface area contributed by atoms with Crippen LogP contribution in [0.2, 0.25) is 0 Å². The molecule has 3 heterocycles. The molecule has 23 heavy (non-hydrogen) atoms. The minimum Gasteiger partial charge on any atom is -0.376 e. The Bertz CT molecular complexity index is 525. The summed E-state index contributed by atoms with van der Waals surface area (Å²) in [5, 5.41) is 5.88. The van der Waals surface area contributed by atoms with Crippen LogP contribution in [0.25, 0.3) is 0 Å². The first-order valence-corrected chi connectivity index (χ1v) is 8.58. The molecule has 2 aliphatic heterocycles. The van der Waals surface area contributed by atoms with Crippen LogP contribution in [0.1, 0.15) is 38.2 Å². The van der Waals surface area contributed by atoms with Gasteiger partial charge in [-0.25, -0.2) is 9.78 Å². The SMILES string of the molecule is CC(NC(=O)NCc1ccnc(N2CCCC2)c1)C1CCCO1. The van der Waals surface area contributed by atoms with Crippen molar-refractivity contribution < 1.29 is 9.53 Å². The third-order valence-electron chi connectivity index (χ3n) is 4.57. The number of rotatable bonds is 5. The molecule has 2 amide bonds. The number of anilines is 1. The number of pyridine rings is 1. The molecule has 0 aromatic carbocycles. The van der Waals surface area contributed by atoms with E-state index in [0.29, 0.717) is 6.54 Å². The molecular formula is C17H26N4O2. The van der Waals surface area contributed by atoms with Crippen molar-refractivity contribution in [2.45, 2.75) is 51.3 Å².